The summed E-state index contributed by atoms with van der Waals surface area (Å²) < 4.78 is 10.4. The van der Waals surface area contributed by atoms with E-state index in [9.17, 15) is 0 Å². The molecule has 0 aliphatic carbocycles. The zero-order valence-electron chi connectivity index (χ0n) is 12.4. The number of hydrogen-bond donors (Lipinski definition) is 0. The second-order valence-electron chi connectivity index (χ2n) is 5.21. The highest BCUT2D eigenvalue weighted by Crippen LogP contribution is 2.25. The van der Waals surface area contributed by atoms with Crippen molar-refractivity contribution < 1.29 is 9.05 Å². The van der Waals surface area contributed by atoms with Gasteiger partial charge in [-0.15, -0.1) is 0 Å². The van der Waals surface area contributed by atoms with Crippen molar-refractivity contribution in [1.29, 1.82) is 0 Å². The molecule has 0 bridgehead atoms. The number of aromatic nitrogens is 5. The summed E-state index contributed by atoms with van der Waals surface area (Å²) in [6.45, 7) is 6.36. The normalized spacial score (nSPS) is 11.5. The molecule has 0 amide bonds. The Hall–Kier alpha value is -2.51. The molecule has 0 N–H and O–H groups in total. The molecule has 3 heterocycles. The number of hydrogen-bond acceptors (Lipinski definition) is 8. The van der Waals surface area contributed by atoms with Crippen molar-refractivity contribution in [2.24, 2.45) is 0 Å². The van der Waals surface area contributed by atoms with Crippen molar-refractivity contribution in [1.82, 2.24) is 25.3 Å². The highest BCUT2D eigenvalue weighted by Gasteiger charge is 2.17. The van der Waals surface area contributed by atoms with Crippen LogP contribution in [0.3, 0.4) is 0 Å². The first-order chi connectivity index (χ1) is 10.1. The molecular formula is C13H16N6O2. The Morgan fingerprint density at radius 2 is 2.00 bits per heavy atom. The largest absolute Gasteiger partial charge is 0.351 e. The summed E-state index contributed by atoms with van der Waals surface area (Å²) in [5, 5.41) is 8.70. The van der Waals surface area contributed by atoms with Gasteiger partial charge in [0.15, 0.2) is 5.82 Å². The standard InChI is InChI=1S/C13H16N6O2/c1-7(2)12-16-9(18-20-12)5-19(4)11-10-8(3)17-21-13(10)15-6-14-11/h6-7H,5H2,1-4H3. The third kappa shape index (κ3) is 2.44. The van der Waals surface area contributed by atoms with Crippen LogP contribution in [0.5, 0.6) is 0 Å². The summed E-state index contributed by atoms with van der Waals surface area (Å²) in [5.41, 5.74) is 1.23. The molecule has 0 aliphatic heterocycles. The molecule has 3 rings (SSSR count). The minimum Gasteiger partial charge on any atom is -0.351 e. The number of anilines is 1. The van der Waals surface area contributed by atoms with Crippen LogP contribution in [0, 0.1) is 6.92 Å². The Labute approximate surface area is 121 Å². The van der Waals surface area contributed by atoms with E-state index in [0.29, 0.717) is 24.0 Å². The molecule has 8 nitrogen and oxygen atoms in total. The molecule has 8 heteroatoms. The predicted octanol–water partition coefficient (Wildman–Crippen LogP) is 2.07. The smallest absolute Gasteiger partial charge is 0.263 e. The molecule has 0 spiro atoms. The van der Waals surface area contributed by atoms with Gasteiger partial charge in [-0.1, -0.05) is 24.2 Å². The van der Waals surface area contributed by atoms with Gasteiger partial charge in [0, 0.05) is 13.0 Å². The van der Waals surface area contributed by atoms with Crippen molar-refractivity contribution in [2.45, 2.75) is 33.2 Å². The van der Waals surface area contributed by atoms with Crippen LogP contribution in [0.1, 0.15) is 37.2 Å². The molecule has 0 saturated heterocycles. The van der Waals surface area contributed by atoms with E-state index in [0.717, 1.165) is 16.9 Å². The second kappa shape index (κ2) is 5.12. The highest BCUT2D eigenvalue weighted by atomic mass is 16.5. The summed E-state index contributed by atoms with van der Waals surface area (Å²) in [7, 11) is 1.90. The fourth-order valence-electron chi connectivity index (χ4n) is 2.05. The van der Waals surface area contributed by atoms with E-state index in [4.69, 9.17) is 9.05 Å². The summed E-state index contributed by atoms with van der Waals surface area (Å²) in [5.74, 6) is 2.19. The van der Waals surface area contributed by atoms with Crippen LogP contribution < -0.4 is 4.90 Å². The molecular weight excluding hydrogens is 272 g/mol. The lowest BCUT2D eigenvalue weighted by molar-refractivity contribution is 0.360. The predicted molar refractivity (Wildman–Crippen MR) is 74.8 cm³/mol. The Bertz CT molecular complexity index is 763. The number of fused-ring (bicyclic) bond motifs is 1. The quantitative estimate of drug-likeness (QED) is 0.720. The van der Waals surface area contributed by atoms with Crippen molar-refractivity contribution in [3.05, 3.63) is 23.7 Å². The van der Waals surface area contributed by atoms with Gasteiger partial charge in [0.1, 0.15) is 17.5 Å². The molecule has 0 radical (unpaired) electrons. The zero-order chi connectivity index (χ0) is 15.0. The van der Waals surface area contributed by atoms with E-state index in [1.54, 1.807) is 0 Å². The molecule has 3 aromatic rings. The summed E-state index contributed by atoms with van der Waals surface area (Å²) in [6, 6.07) is 0. The van der Waals surface area contributed by atoms with Crippen LogP contribution in [0.15, 0.2) is 15.4 Å². The number of rotatable bonds is 4. The van der Waals surface area contributed by atoms with E-state index in [-0.39, 0.29) is 5.92 Å². The molecule has 3 aromatic heterocycles. The molecule has 21 heavy (non-hydrogen) atoms. The van der Waals surface area contributed by atoms with Gasteiger partial charge in [-0.2, -0.15) is 9.97 Å². The lowest BCUT2D eigenvalue weighted by atomic mass is 10.2. The van der Waals surface area contributed by atoms with Crippen LogP contribution in [0.2, 0.25) is 0 Å². The van der Waals surface area contributed by atoms with Crippen LogP contribution in [0.25, 0.3) is 11.1 Å². The lowest BCUT2D eigenvalue weighted by Gasteiger charge is -2.16. The van der Waals surface area contributed by atoms with E-state index in [2.05, 4.69) is 25.3 Å². The van der Waals surface area contributed by atoms with Crippen molar-refractivity contribution in [3.8, 4) is 0 Å². The van der Waals surface area contributed by atoms with Gasteiger partial charge in [-0.25, -0.2) is 4.98 Å². The van der Waals surface area contributed by atoms with E-state index in [1.807, 2.05) is 32.7 Å². The maximum atomic E-state index is 5.21. The van der Waals surface area contributed by atoms with Crippen LogP contribution in [-0.2, 0) is 6.54 Å². The van der Waals surface area contributed by atoms with Crippen LogP contribution >= 0.6 is 0 Å². The molecule has 0 aliphatic rings. The minimum atomic E-state index is 0.211. The molecule has 110 valence electrons. The molecule has 0 unspecified atom stereocenters. The lowest BCUT2D eigenvalue weighted by Crippen LogP contribution is -2.19. The second-order valence-corrected chi connectivity index (χ2v) is 5.21. The Kier molecular flexibility index (Phi) is 3.28. The van der Waals surface area contributed by atoms with Gasteiger partial charge in [0.2, 0.25) is 5.89 Å². The Balaban J connectivity index is 1.89. The molecule has 0 saturated carbocycles. The van der Waals surface area contributed by atoms with Gasteiger partial charge in [-0.05, 0) is 6.92 Å². The SMILES string of the molecule is Cc1noc2ncnc(N(C)Cc3noc(C(C)C)n3)c12. The Morgan fingerprint density at radius 1 is 1.19 bits per heavy atom. The van der Waals surface area contributed by atoms with Crippen molar-refractivity contribution in [3.63, 3.8) is 0 Å². The van der Waals surface area contributed by atoms with Gasteiger partial charge >= 0.3 is 0 Å². The third-order valence-electron chi connectivity index (χ3n) is 3.14. The Morgan fingerprint density at radius 3 is 2.71 bits per heavy atom. The summed E-state index contributed by atoms with van der Waals surface area (Å²) in [4.78, 5) is 14.7. The fourth-order valence-corrected chi connectivity index (χ4v) is 2.05. The average molecular weight is 288 g/mol. The first kappa shape index (κ1) is 13.5. The molecule has 0 fully saturated rings. The summed E-state index contributed by atoms with van der Waals surface area (Å²) >= 11 is 0. The van der Waals surface area contributed by atoms with Crippen molar-refractivity contribution >= 4 is 16.9 Å². The maximum Gasteiger partial charge on any atom is 0.263 e. The van der Waals surface area contributed by atoms with Gasteiger partial charge < -0.3 is 13.9 Å². The van der Waals surface area contributed by atoms with Crippen LogP contribution in [-0.4, -0.2) is 32.3 Å². The third-order valence-corrected chi connectivity index (χ3v) is 3.14. The first-order valence-electron chi connectivity index (χ1n) is 6.67. The monoisotopic (exact) mass is 288 g/mol. The van der Waals surface area contributed by atoms with E-state index < -0.39 is 0 Å². The number of nitrogens with zero attached hydrogens (tertiary/aromatic N) is 6. The highest BCUT2D eigenvalue weighted by molar-refractivity contribution is 5.87. The first-order valence-corrected chi connectivity index (χ1v) is 6.67. The topological polar surface area (TPSA) is 94.0 Å². The van der Waals surface area contributed by atoms with Crippen LogP contribution in [0.4, 0.5) is 5.82 Å². The summed E-state index contributed by atoms with van der Waals surface area (Å²) in [6.07, 6.45) is 1.45. The average Bonchev–Trinajstić information content (AvgIpc) is 3.06. The van der Waals surface area contributed by atoms with Gasteiger partial charge in [0.25, 0.3) is 5.71 Å². The van der Waals surface area contributed by atoms with Gasteiger partial charge in [-0.3, -0.25) is 0 Å². The maximum absolute atomic E-state index is 5.21. The van der Waals surface area contributed by atoms with E-state index >= 15 is 0 Å². The minimum absolute atomic E-state index is 0.211. The van der Waals surface area contributed by atoms with Gasteiger partial charge in [0.05, 0.1) is 12.2 Å². The number of aryl methyl sites for hydroxylation is 1. The molecule has 0 atom stereocenters. The van der Waals surface area contributed by atoms with E-state index in [1.165, 1.54) is 6.33 Å². The molecule has 0 aromatic carbocycles. The zero-order valence-corrected chi connectivity index (χ0v) is 12.4. The fraction of sp³-hybridized carbons (Fsp3) is 0.462. The van der Waals surface area contributed by atoms with Crippen molar-refractivity contribution in [2.75, 3.05) is 11.9 Å².